The molecule has 5 heteroatoms. The molecule has 0 N–H and O–H groups in total. The van der Waals surface area contributed by atoms with Gasteiger partial charge in [-0.15, -0.1) is 11.8 Å². The van der Waals surface area contributed by atoms with Crippen molar-refractivity contribution in [3.8, 4) is 0 Å². The first kappa shape index (κ1) is 16.0. The molecule has 2 heterocycles. The molecule has 1 aromatic heterocycles. The molecule has 21 heavy (non-hydrogen) atoms. The van der Waals surface area contributed by atoms with Crippen molar-refractivity contribution in [2.24, 2.45) is 5.92 Å². The number of ether oxygens (including phenoxy) is 2. The highest BCUT2D eigenvalue weighted by molar-refractivity contribution is 7.98. The van der Waals surface area contributed by atoms with Crippen LogP contribution in [0.2, 0.25) is 0 Å². The van der Waals surface area contributed by atoms with Crippen molar-refractivity contribution in [3.63, 3.8) is 0 Å². The number of rotatable bonds is 5. The number of aromatic nitrogens is 1. The molecule has 0 aliphatic carbocycles. The molecule has 1 aliphatic rings. The van der Waals surface area contributed by atoms with Gasteiger partial charge in [0.2, 0.25) is 0 Å². The molecule has 0 saturated carbocycles. The van der Waals surface area contributed by atoms with Gasteiger partial charge in [-0.3, -0.25) is 4.98 Å². The molecule has 0 atom stereocenters. The topological polar surface area (TPSA) is 48.4 Å². The van der Waals surface area contributed by atoms with E-state index >= 15 is 0 Å². The Morgan fingerprint density at radius 2 is 2.24 bits per heavy atom. The molecule has 1 aliphatic heterocycles. The van der Waals surface area contributed by atoms with E-state index in [4.69, 9.17) is 9.47 Å². The second-order valence-electron chi connectivity index (χ2n) is 4.83. The molecule has 1 saturated heterocycles. The zero-order valence-corrected chi connectivity index (χ0v) is 13.3. The Bertz CT molecular complexity index is 493. The minimum Gasteiger partial charge on any atom is -0.462 e. The Morgan fingerprint density at radius 3 is 2.81 bits per heavy atom. The second kappa shape index (κ2) is 8.20. The maximum atomic E-state index is 12.2. The minimum atomic E-state index is -0.298. The van der Waals surface area contributed by atoms with Gasteiger partial charge in [0.15, 0.2) is 0 Å². The number of hydrogen-bond donors (Lipinski definition) is 0. The van der Waals surface area contributed by atoms with Crippen molar-refractivity contribution < 1.29 is 14.3 Å². The maximum absolute atomic E-state index is 12.2. The summed E-state index contributed by atoms with van der Waals surface area (Å²) in [5.74, 6) is 0.0496. The molecule has 1 aromatic rings. The highest BCUT2D eigenvalue weighted by atomic mass is 32.2. The van der Waals surface area contributed by atoms with Crippen LogP contribution < -0.4 is 0 Å². The van der Waals surface area contributed by atoms with E-state index in [-0.39, 0.29) is 5.97 Å². The molecule has 114 valence electrons. The van der Waals surface area contributed by atoms with Gasteiger partial charge in [-0.25, -0.2) is 4.79 Å². The van der Waals surface area contributed by atoms with Crippen LogP contribution in [-0.4, -0.2) is 37.0 Å². The fraction of sp³-hybridized carbons (Fsp3) is 0.500. The number of nitrogens with zero attached hydrogens (tertiary/aromatic N) is 1. The lowest BCUT2D eigenvalue weighted by Crippen LogP contribution is -2.16. The smallest absolute Gasteiger partial charge is 0.340 e. The highest BCUT2D eigenvalue weighted by Gasteiger charge is 2.19. The van der Waals surface area contributed by atoms with Crippen LogP contribution in [-0.2, 0) is 14.3 Å². The summed E-state index contributed by atoms with van der Waals surface area (Å²) in [6.07, 6.45) is 7.66. The van der Waals surface area contributed by atoms with Crippen molar-refractivity contribution in [1.82, 2.24) is 4.98 Å². The molecule has 0 spiro atoms. The van der Waals surface area contributed by atoms with Crippen molar-refractivity contribution in [1.29, 1.82) is 0 Å². The van der Waals surface area contributed by atoms with Crippen LogP contribution in [0.3, 0.4) is 0 Å². The fourth-order valence-electron chi connectivity index (χ4n) is 2.25. The Labute approximate surface area is 129 Å². The monoisotopic (exact) mass is 307 g/mol. The van der Waals surface area contributed by atoms with E-state index in [2.05, 4.69) is 4.98 Å². The number of pyridine rings is 1. The van der Waals surface area contributed by atoms with Gasteiger partial charge in [0.05, 0.1) is 17.9 Å². The van der Waals surface area contributed by atoms with E-state index in [0.717, 1.165) is 31.0 Å². The lowest BCUT2D eigenvalue weighted by atomic mass is 9.96. The Morgan fingerprint density at radius 1 is 1.48 bits per heavy atom. The SMILES string of the molecule is CCOC(=O)/C(=C\C1CCOCC1)c1ccc(SC)cn1. The predicted molar refractivity (Wildman–Crippen MR) is 84.2 cm³/mol. The Hall–Kier alpha value is -1.33. The van der Waals surface area contributed by atoms with E-state index in [1.165, 1.54) is 0 Å². The molecule has 1 fully saturated rings. The van der Waals surface area contributed by atoms with E-state index in [9.17, 15) is 4.79 Å². The average Bonchev–Trinajstić information content (AvgIpc) is 2.54. The third-order valence-corrected chi connectivity index (χ3v) is 4.12. The number of carbonyl (C=O) groups is 1. The standard InChI is InChI=1S/C16H21NO3S/c1-3-20-16(18)14(10-12-6-8-19-9-7-12)15-5-4-13(21-2)11-17-15/h4-5,10-12H,3,6-9H2,1-2H3/b14-10-. The first-order valence-electron chi connectivity index (χ1n) is 7.21. The van der Waals surface area contributed by atoms with Crippen LogP contribution in [0.15, 0.2) is 29.3 Å². The molecule has 0 radical (unpaired) electrons. The van der Waals surface area contributed by atoms with Crippen LogP contribution in [0.4, 0.5) is 0 Å². The maximum Gasteiger partial charge on any atom is 0.340 e. The van der Waals surface area contributed by atoms with Gasteiger partial charge in [-0.2, -0.15) is 0 Å². The van der Waals surface area contributed by atoms with Crippen molar-refractivity contribution in [2.75, 3.05) is 26.1 Å². The van der Waals surface area contributed by atoms with Crippen molar-refractivity contribution in [2.45, 2.75) is 24.7 Å². The van der Waals surface area contributed by atoms with E-state index < -0.39 is 0 Å². The third-order valence-electron chi connectivity index (χ3n) is 3.41. The molecule has 0 bridgehead atoms. The third kappa shape index (κ3) is 4.58. The summed E-state index contributed by atoms with van der Waals surface area (Å²) in [4.78, 5) is 17.7. The number of esters is 1. The van der Waals surface area contributed by atoms with Gasteiger partial charge in [-0.1, -0.05) is 6.08 Å². The van der Waals surface area contributed by atoms with Gasteiger partial charge in [-0.05, 0) is 44.1 Å². The first-order chi connectivity index (χ1) is 10.2. The molecular weight excluding hydrogens is 286 g/mol. The van der Waals surface area contributed by atoms with Crippen molar-refractivity contribution in [3.05, 3.63) is 30.1 Å². The van der Waals surface area contributed by atoms with E-state index in [1.54, 1.807) is 18.0 Å². The number of thioether (sulfide) groups is 1. The summed E-state index contributed by atoms with van der Waals surface area (Å²) in [6.45, 7) is 3.67. The van der Waals surface area contributed by atoms with Crippen LogP contribution in [0.25, 0.3) is 5.57 Å². The fourth-order valence-corrected chi connectivity index (χ4v) is 2.61. The van der Waals surface area contributed by atoms with Crippen LogP contribution in [0.5, 0.6) is 0 Å². The average molecular weight is 307 g/mol. The number of allylic oxidation sites excluding steroid dienone is 1. The number of carbonyl (C=O) groups excluding carboxylic acids is 1. The minimum absolute atomic E-state index is 0.298. The van der Waals surface area contributed by atoms with Crippen LogP contribution >= 0.6 is 11.8 Å². The van der Waals surface area contributed by atoms with E-state index in [1.807, 2.05) is 31.4 Å². The molecule has 0 aromatic carbocycles. The Kier molecular flexibility index (Phi) is 6.26. The van der Waals surface area contributed by atoms with Gasteiger partial charge in [0, 0.05) is 24.3 Å². The molecule has 0 amide bonds. The largest absolute Gasteiger partial charge is 0.462 e. The summed E-state index contributed by atoms with van der Waals surface area (Å²) in [7, 11) is 0. The normalized spacial score (nSPS) is 16.8. The highest BCUT2D eigenvalue weighted by Crippen LogP contribution is 2.24. The summed E-state index contributed by atoms with van der Waals surface area (Å²) < 4.78 is 10.5. The lowest BCUT2D eigenvalue weighted by molar-refractivity contribution is -0.136. The zero-order chi connectivity index (χ0) is 15.1. The summed E-state index contributed by atoms with van der Waals surface area (Å²) in [6, 6.07) is 3.86. The lowest BCUT2D eigenvalue weighted by Gasteiger charge is -2.20. The Balaban J connectivity index is 2.25. The van der Waals surface area contributed by atoms with Crippen molar-refractivity contribution >= 4 is 23.3 Å². The number of hydrogen-bond acceptors (Lipinski definition) is 5. The first-order valence-corrected chi connectivity index (χ1v) is 8.44. The zero-order valence-electron chi connectivity index (χ0n) is 12.5. The van der Waals surface area contributed by atoms with Gasteiger partial charge in [0.1, 0.15) is 0 Å². The molecule has 2 rings (SSSR count). The molecule has 0 unspecified atom stereocenters. The van der Waals surface area contributed by atoms with Crippen LogP contribution in [0.1, 0.15) is 25.5 Å². The van der Waals surface area contributed by atoms with Crippen LogP contribution in [0, 0.1) is 5.92 Å². The predicted octanol–water partition coefficient (Wildman–Crippen LogP) is 3.18. The molecule has 4 nitrogen and oxygen atoms in total. The van der Waals surface area contributed by atoms with Gasteiger partial charge in [0.25, 0.3) is 0 Å². The molecular formula is C16H21NO3S. The second-order valence-corrected chi connectivity index (χ2v) is 5.71. The summed E-state index contributed by atoms with van der Waals surface area (Å²) in [5.41, 5.74) is 1.24. The summed E-state index contributed by atoms with van der Waals surface area (Å²) in [5, 5.41) is 0. The summed E-state index contributed by atoms with van der Waals surface area (Å²) >= 11 is 1.63. The van der Waals surface area contributed by atoms with E-state index in [0.29, 0.717) is 23.8 Å². The van der Waals surface area contributed by atoms with Gasteiger partial charge >= 0.3 is 5.97 Å². The van der Waals surface area contributed by atoms with Gasteiger partial charge < -0.3 is 9.47 Å². The quantitative estimate of drug-likeness (QED) is 0.475.